The smallest absolute Gasteiger partial charge is 0.300 e. The maximum absolute atomic E-state index is 13.2. The number of aliphatic hydroxyl groups excluding tert-OH is 1. The summed E-state index contributed by atoms with van der Waals surface area (Å²) in [6.45, 7) is 5.65. The third-order valence-corrected chi connectivity index (χ3v) is 5.42. The van der Waals surface area contributed by atoms with Crippen LogP contribution in [0.3, 0.4) is 0 Å². The summed E-state index contributed by atoms with van der Waals surface area (Å²) < 4.78 is 11.1. The van der Waals surface area contributed by atoms with Crippen LogP contribution >= 0.6 is 0 Å². The fourth-order valence-corrected chi connectivity index (χ4v) is 4.14. The first kappa shape index (κ1) is 20.5. The standard InChI is InChI=1S/C25H23NO5/c1-14-7-5-8-17(12-14)26-21(19-9-6-10-31-19)20(23(28)25(26)29)22(27)18-13-15(2)11-16(3)24(18)30-4/h5-13,21,27H,1-4H3/b22-20-. The van der Waals surface area contributed by atoms with E-state index in [-0.39, 0.29) is 11.3 Å². The number of rotatable bonds is 4. The predicted octanol–water partition coefficient (Wildman–Crippen LogP) is 4.84. The van der Waals surface area contributed by atoms with Gasteiger partial charge in [-0.1, -0.05) is 18.2 Å². The molecule has 1 amide bonds. The monoisotopic (exact) mass is 417 g/mol. The van der Waals surface area contributed by atoms with Gasteiger partial charge in [0.25, 0.3) is 11.7 Å². The second-order valence-corrected chi connectivity index (χ2v) is 7.69. The molecule has 3 aromatic rings. The van der Waals surface area contributed by atoms with Gasteiger partial charge in [0, 0.05) is 5.69 Å². The number of aryl methyl sites for hydroxylation is 3. The van der Waals surface area contributed by atoms with E-state index in [9.17, 15) is 14.7 Å². The lowest BCUT2D eigenvalue weighted by Gasteiger charge is -2.24. The van der Waals surface area contributed by atoms with Gasteiger partial charge in [-0.3, -0.25) is 14.5 Å². The molecule has 158 valence electrons. The summed E-state index contributed by atoms with van der Waals surface area (Å²) in [6.07, 6.45) is 1.48. The lowest BCUT2D eigenvalue weighted by Crippen LogP contribution is -2.29. The average Bonchev–Trinajstić information content (AvgIpc) is 3.34. The molecule has 1 aliphatic heterocycles. The van der Waals surface area contributed by atoms with Crippen LogP contribution in [-0.4, -0.2) is 23.9 Å². The summed E-state index contributed by atoms with van der Waals surface area (Å²) in [6, 6.07) is 13.4. The Morgan fingerprint density at radius 1 is 1.03 bits per heavy atom. The second-order valence-electron chi connectivity index (χ2n) is 7.69. The van der Waals surface area contributed by atoms with Crippen molar-refractivity contribution in [3.8, 4) is 5.75 Å². The number of ether oxygens (including phenoxy) is 1. The number of amides is 1. The van der Waals surface area contributed by atoms with Crippen molar-refractivity contribution in [2.45, 2.75) is 26.8 Å². The van der Waals surface area contributed by atoms with Crippen LogP contribution in [0.2, 0.25) is 0 Å². The number of nitrogens with zero attached hydrogens (tertiary/aromatic N) is 1. The molecule has 6 heteroatoms. The summed E-state index contributed by atoms with van der Waals surface area (Å²) >= 11 is 0. The molecule has 1 aliphatic rings. The lowest BCUT2D eigenvalue weighted by atomic mass is 9.96. The van der Waals surface area contributed by atoms with E-state index in [2.05, 4.69) is 0 Å². The Morgan fingerprint density at radius 3 is 2.45 bits per heavy atom. The molecule has 2 aromatic carbocycles. The van der Waals surface area contributed by atoms with Crippen LogP contribution in [0.5, 0.6) is 5.75 Å². The number of hydrogen-bond donors (Lipinski definition) is 1. The predicted molar refractivity (Wildman–Crippen MR) is 117 cm³/mol. The van der Waals surface area contributed by atoms with Crippen LogP contribution in [0.4, 0.5) is 5.69 Å². The molecule has 1 atom stereocenters. The summed E-state index contributed by atoms with van der Waals surface area (Å²) in [5.41, 5.74) is 3.51. The van der Waals surface area contributed by atoms with E-state index in [1.54, 1.807) is 24.3 Å². The van der Waals surface area contributed by atoms with Crippen molar-refractivity contribution in [1.29, 1.82) is 0 Å². The van der Waals surface area contributed by atoms with Crippen molar-refractivity contribution in [2.75, 3.05) is 12.0 Å². The first-order valence-electron chi connectivity index (χ1n) is 9.90. The highest BCUT2D eigenvalue weighted by Gasteiger charge is 2.48. The quantitative estimate of drug-likeness (QED) is 0.373. The fraction of sp³-hybridized carbons (Fsp3) is 0.200. The molecule has 1 fully saturated rings. The minimum Gasteiger partial charge on any atom is -0.507 e. The molecule has 0 radical (unpaired) electrons. The minimum absolute atomic E-state index is 0.0373. The van der Waals surface area contributed by atoms with E-state index < -0.39 is 17.7 Å². The lowest BCUT2D eigenvalue weighted by molar-refractivity contribution is -0.132. The van der Waals surface area contributed by atoms with Crippen LogP contribution in [-0.2, 0) is 9.59 Å². The van der Waals surface area contributed by atoms with Gasteiger partial charge in [-0.05, 0) is 67.8 Å². The molecular formula is C25H23NO5. The molecule has 2 heterocycles. The van der Waals surface area contributed by atoms with Gasteiger partial charge in [0.05, 0.1) is 24.5 Å². The fourth-order valence-electron chi connectivity index (χ4n) is 4.14. The van der Waals surface area contributed by atoms with Gasteiger partial charge in [-0.15, -0.1) is 0 Å². The van der Waals surface area contributed by atoms with Gasteiger partial charge < -0.3 is 14.3 Å². The van der Waals surface area contributed by atoms with Crippen molar-refractivity contribution in [3.63, 3.8) is 0 Å². The number of carbonyl (C=O) groups is 2. The maximum Gasteiger partial charge on any atom is 0.300 e. The first-order chi connectivity index (χ1) is 14.8. The van der Waals surface area contributed by atoms with E-state index in [0.29, 0.717) is 22.8 Å². The van der Waals surface area contributed by atoms with E-state index in [4.69, 9.17) is 9.15 Å². The maximum atomic E-state index is 13.2. The summed E-state index contributed by atoms with van der Waals surface area (Å²) in [5.74, 6) is -0.967. The summed E-state index contributed by atoms with van der Waals surface area (Å²) in [4.78, 5) is 27.7. The molecule has 4 rings (SSSR count). The SMILES string of the molecule is COc1c(C)cc(C)cc1/C(O)=C1/C(=O)C(=O)N(c2cccc(C)c2)C1c1ccco1. The van der Waals surface area contributed by atoms with Gasteiger partial charge in [0.15, 0.2) is 0 Å². The Kier molecular flexibility index (Phi) is 5.15. The minimum atomic E-state index is -0.901. The van der Waals surface area contributed by atoms with Crippen LogP contribution in [0, 0.1) is 20.8 Å². The largest absolute Gasteiger partial charge is 0.507 e. The Morgan fingerprint density at radius 2 is 1.81 bits per heavy atom. The number of carbonyl (C=O) groups excluding carboxylic acids is 2. The van der Waals surface area contributed by atoms with Crippen molar-refractivity contribution < 1.29 is 23.8 Å². The van der Waals surface area contributed by atoms with Gasteiger partial charge in [-0.25, -0.2) is 0 Å². The average molecular weight is 417 g/mol. The molecule has 1 saturated heterocycles. The van der Waals surface area contributed by atoms with E-state index in [1.165, 1.54) is 18.3 Å². The molecule has 1 aromatic heterocycles. The number of anilines is 1. The topological polar surface area (TPSA) is 80.0 Å². The molecular weight excluding hydrogens is 394 g/mol. The number of aliphatic hydroxyl groups is 1. The molecule has 6 nitrogen and oxygen atoms in total. The Balaban J connectivity index is 1.99. The summed E-state index contributed by atoms with van der Waals surface area (Å²) in [5, 5.41) is 11.3. The number of furan rings is 1. The normalized spacial score (nSPS) is 17.9. The molecule has 31 heavy (non-hydrogen) atoms. The van der Waals surface area contributed by atoms with Gasteiger partial charge in [0.2, 0.25) is 0 Å². The molecule has 1 unspecified atom stereocenters. The number of hydrogen-bond acceptors (Lipinski definition) is 5. The number of ketones is 1. The van der Waals surface area contributed by atoms with Crippen LogP contribution in [0.15, 0.2) is 64.8 Å². The van der Waals surface area contributed by atoms with Gasteiger partial charge in [0.1, 0.15) is 23.3 Å². The zero-order valence-electron chi connectivity index (χ0n) is 17.8. The Hall–Kier alpha value is -3.80. The Labute approximate surface area is 180 Å². The highest BCUT2D eigenvalue weighted by molar-refractivity contribution is 6.51. The zero-order valence-corrected chi connectivity index (χ0v) is 17.8. The molecule has 0 spiro atoms. The molecule has 0 bridgehead atoms. The van der Waals surface area contributed by atoms with Gasteiger partial charge in [-0.2, -0.15) is 0 Å². The van der Waals surface area contributed by atoms with E-state index >= 15 is 0 Å². The van der Waals surface area contributed by atoms with E-state index in [1.807, 2.05) is 45.0 Å². The van der Waals surface area contributed by atoms with Gasteiger partial charge >= 0.3 is 0 Å². The van der Waals surface area contributed by atoms with Crippen LogP contribution in [0.25, 0.3) is 5.76 Å². The van der Waals surface area contributed by atoms with Crippen molar-refractivity contribution in [1.82, 2.24) is 0 Å². The molecule has 1 N–H and O–H groups in total. The summed E-state index contributed by atoms with van der Waals surface area (Å²) in [7, 11) is 1.50. The second kappa shape index (κ2) is 7.80. The highest BCUT2D eigenvalue weighted by atomic mass is 16.5. The van der Waals surface area contributed by atoms with Crippen molar-refractivity contribution >= 4 is 23.1 Å². The van der Waals surface area contributed by atoms with Crippen LogP contribution in [0.1, 0.15) is 34.1 Å². The number of methoxy groups -OCH3 is 1. The zero-order chi connectivity index (χ0) is 22.3. The van der Waals surface area contributed by atoms with E-state index in [0.717, 1.165) is 16.7 Å². The number of benzene rings is 2. The van der Waals surface area contributed by atoms with Crippen molar-refractivity contribution in [3.05, 3.63) is 88.4 Å². The molecule has 0 saturated carbocycles. The first-order valence-corrected chi connectivity index (χ1v) is 9.90. The number of Topliss-reactive ketones (excluding diaryl/α,β-unsaturated/α-hetero) is 1. The third-order valence-electron chi connectivity index (χ3n) is 5.42. The highest BCUT2D eigenvalue weighted by Crippen LogP contribution is 2.44. The van der Waals surface area contributed by atoms with Crippen molar-refractivity contribution in [2.24, 2.45) is 0 Å². The van der Waals surface area contributed by atoms with Crippen LogP contribution < -0.4 is 9.64 Å². The Bertz CT molecular complexity index is 1210. The third kappa shape index (κ3) is 3.40. The molecule has 0 aliphatic carbocycles.